The lowest BCUT2D eigenvalue weighted by atomic mass is 10.2. The zero-order valence-electron chi connectivity index (χ0n) is 12.2. The van der Waals surface area contributed by atoms with Crippen LogP contribution in [0.15, 0.2) is 47.8 Å². The van der Waals surface area contributed by atoms with E-state index in [9.17, 15) is 8.42 Å². The lowest BCUT2D eigenvalue weighted by molar-refractivity contribution is 0.602. The molecule has 1 aromatic carbocycles. The van der Waals surface area contributed by atoms with Gasteiger partial charge in [0, 0.05) is 24.4 Å². The summed E-state index contributed by atoms with van der Waals surface area (Å²) >= 11 is 5.76. The van der Waals surface area contributed by atoms with Crippen molar-refractivity contribution in [2.75, 3.05) is 11.6 Å². The maximum absolute atomic E-state index is 11.7. The maximum atomic E-state index is 11.7. The minimum absolute atomic E-state index is 0.232. The van der Waals surface area contributed by atoms with Gasteiger partial charge in [0.1, 0.15) is 17.3 Å². The first kappa shape index (κ1) is 15.6. The Morgan fingerprint density at radius 2 is 1.96 bits per heavy atom. The van der Waals surface area contributed by atoms with Crippen molar-refractivity contribution < 1.29 is 8.42 Å². The molecule has 23 heavy (non-hydrogen) atoms. The van der Waals surface area contributed by atoms with Crippen molar-refractivity contribution >= 4 is 38.2 Å². The van der Waals surface area contributed by atoms with Gasteiger partial charge in [0.05, 0.1) is 10.4 Å². The Kier molecular flexibility index (Phi) is 4.14. The lowest BCUT2D eigenvalue weighted by Gasteiger charge is -2.09. The van der Waals surface area contributed by atoms with E-state index in [0.717, 1.165) is 5.56 Å². The van der Waals surface area contributed by atoms with E-state index in [-0.39, 0.29) is 4.90 Å². The Hall–Kier alpha value is -2.25. The van der Waals surface area contributed by atoms with Crippen LogP contribution in [0.1, 0.15) is 5.56 Å². The van der Waals surface area contributed by atoms with Crippen molar-refractivity contribution in [3.05, 3.63) is 53.6 Å². The fourth-order valence-electron chi connectivity index (χ4n) is 2.10. The molecule has 8 heteroatoms. The first-order chi connectivity index (χ1) is 10.9. The molecule has 0 bridgehead atoms. The Morgan fingerprint density at radius 1 is 1.13 bits per heavy atom. The molecule has 0 amide bonds. The molecule has 0 aliphatic heterocycles. The molecule has 3 rings (SSSR count). The number of nitrogens with one attached hydrogen (secondary N) is 1. The van der Waals surface area contributed by atoms with Crippen LogP contribution in [0.25, 0.3) is 10.9 Å². The van der Waals surface area contributed by atoms with E-state index < -0.39 is 9.84 Å². The van der Waals surface area contributed by atoms with Crippen LogP contribution >= 0.6 is 11.6 Å². The van der Waals surface area contributed by atoms with Gasteiger partial charge >= 0.3 is 0 Å². The lowest BCUT2D eigenvalue weighted by Crippen LogP contribution is -2.04. The van der Waals surface area contributed by atoms with Crippen molar-refractivity contribution in [1.82, 2.24) is 15.0 Å². The van der Waals surface area contributed by atoms with Crippen molar-refractivity contribution in [2.45, 2.75) is 11.4 Å². The number of fused-ring (bicyclic) bond motifs is 1. The predicted molar refractivity (Wildman–Crippen MR) is 89.2 cm³/mol. The number of rotatable bonds is 4. The topological polar surface area (TPSA) is 84.8 Å². The molecular weight excluding hydrogens is 336 g/mol. The summed E-state index contributed by atoms with van der Waals surface area (Å²) in [6, 6.07) is 8.35. The fraction of sp³-hybridized carbons (Fsp3) is 0.133. The highest BCUT2D eigenvalue weighted by molar-refractivity contribution is 7.90. The minimum atomic E-state index is -3.29. The summed E-state index contributed by atoms with van der Waals surface area (Å²) in [5, 5.41) is 4.25. The number of hydrogen-bond acceptors (Lipinski definition) is 6. The Bertz CT molecular complexity index is 959. The third-order valence-electron chi connectivity index (χ3n) is 3.28. The number of aromatic nitrogens is 3. The molecule has 0 spiro atoms. The molecule has 3 aromatic rings. The van der Waals surface area contributed by atoms with Gasteiger partial charge in [-0.05, 0) is 29.8 Å². The van der Waals surface area contributed by atoms with E-state index >= 15 is 0 Å². The summed E-state index contributed by atoms with van der Waals surface area (Å²) in [5.41, 5.74) is 1.60. The summed E-state index contributed by atoms with van der Waals surface area (Å²) in [7, 11) is -3.29. The standard InChI is InChI=1S/C15H13ClN4O2S/c1-23(21,22)11-3-4-13-12(6-11)15(20-9-19-13)18-8-10-2-5-14(16)17-7-10/h2-7,9H,8H2,1H3,(H,18,19,20). The number of pyridine rings is 1. The number of sulfone groups is 1. The second-order valence-electron chi connectivity index (χ2n) is 5.02. The molecule has 0 saturated heterocycles. The summed E-state index contributed by atoms with van der Waals surface area (Å²) in [6.07, 6.45) is 4.27. The molecular formula is C15H13ClN4O2S. The van der Waals surface area contributed by atoms with Gasteiger partial charge in [0.25, 0.3) is 0 Å². The summed E-state index contributed by atoms with van der Waals surface area (Å²) in [4.78, 5) is 12.6. The third-order valence-corrected chi connectivity index (χ3v) is 4.62. The van der Waals surface area contributed by atoms with Crippen LogP contribution in [0.5, 0.6) is 0 Å². The van der Waals surface area contributed by atoms with Crippen molar-refractivity contribution in [3.63, 3.8) is 0 Å². The van der Waals surface area contributed by atoms with Gasteiger partial charge in [-0.3, -0.25) is 0 Å². The number of benzene rings is 1. The van der Waals surface area contributed by atoms with Crippen LogP contribution in [-0.2, 0) is 16.4 Å². The zero-order valence-corrected chi connectivity index (χ0v) is 13.8. The normalized spacial score (nSPS) is 11.6. The van der Waals surface area contributed by atoms with E-state index in [1.807, 2.05) is 6.07 Å². The van der Waals surface area contributed by atoms with E-state index in [1.165, 1.54) is 18.6 Å². The van der Waals surface area contributed by atoms with E-state index in [2.05, 4.69) is 20.3 Å². The van der Waals surface area contributed by atoms with Crippen molar-refractivity contribution in [2.24, 2.45) is 0 Å². The summed E-state index contributed by atoms with van der Waals surface area (Å²) in [6.45, 7) is 0.486. The molecule has 118 valence electrons. The highest BCUT2D eigenvalue weighted by atomic mass is 35.5. The van der Waals surface area contributed by atoms with Gasteiger partial charge in [0.15, 0.2) is 9.84 Å². The van der Waals surface area contributed by atoms with Crippen LogP contribution in [0.3, 0.4) is 0 Å². The fourth-order valence-corrected chi connectivity index (χ4v) is 2.86. The van der Waals surface area contributed by atoms with Gasteiger partial charge in [-0.2, -0.15) is 0 Å². The van der Waals surface area contributed by atoms with Gasteiger partial charge in [0.2, 0.25) is 0 Å². The molecule has 0 atom stereocenters. The average molecular weight is 349 g/mol. The van der Waals surface area contributed by atoms with Gasteiger partial charge in [-0.1, -0.05) is 17.7 Å². The van der Waals surface area contributed by atoms with Crippen LogP contribution in [0.2, 0.25) is 5.15 Å². The van der Waals surface area contributed by atoms with E-state index in [1.54, 1.807) is 24.4 Å². The first-order valence-corrected chi connectivity index (χ1v) is 8.99. The number of hydrogen-bond donors (Lipinski definition) is 1. The maximum Gasteiger partial charge on any atom is 0.175 e. The van der Waals surface area contributed by atoms with Gasteiger partial charge in [-0.25, -0.2) is 23.4 Å². The molecule has 0 aliphatic rings. The monoisotopic (exact) mass is 348 g/mol. The van der Waals surface area contributed by atoms with Gasteiger partial charge < -0.3 is 5.32 Å². The van der Waals surface area contributed by atoms with E-state index in [0.29, 0.717) is 28.4 Å². The Balaban J connectivity index is 1.95. The van der Waals surface area contributed by atoms with Crippen molar-refractivity contribution in [1.29, 1.82) is 0 Å². The van der Waals surface area contributed by atoms with Crippen LogP contribution in [0, 0.1) is 0 Å². The minimum Gasteiger partial charge on any atom is -0.365 e. The summed E-state index contributed by atoms with van der Waals surface area (Å²) in [5.74, 6) is 0.565. The smallest absolute Gasteiger partial charge is 0.175 e. The summed E-state index contributed by atoms with van der Waals surface area (Å²) < 4.78 is 23.4. The SMILES string of the molecule is CS(=O)(=O)c1ccc2ncnc(NCc3ccc(Cl)nc3)c2c1. The highest BCUT2D eigenvalue weighted by Crippen LogP contribution is 2.23. The third kappa shape index (κ3) is 3.57. The molecule has 2 aromatic heterocycles. The predicted octanol–water partition coefficient (Wildman–Crippen LogP) is 2.69. The van der Waals surface area contributed by atoms with Gasteiger partial charge in [-0.15, -0.1) is 0 Å². The molecule has 0 radical (unpaired) electrons. The second-order valence-corrected chi connectivity index (χ2v) is 7.42. The molecule has 1 N–H and O–H groups in total. The Labute approximate surface area is 138 Å². The zero-order chi connectivity index (χ0) is 16.4. The number of halogens is 1. The van der Waals surface area contributed by atoms with E-state index in [4.69, 9.17) is 11.6 Å². The molecule has 6 nitrogen and oxygen atoms in total. The largest absolute Gasteiger partial charge is 0.365 e. The van der Waals surface area contributed by atoms with Crippen molar-refractivity contribution in [3.8, 4) is 0 Å². The molecule has 0 unspecified atom stereocenters. The quantitative estimate of drug-likeness (QED) is 0.730. The molecule has 2 heterocycles. The molecule has 0 saturated carbocycles. The first-order valence-electron chi connectivity index (χ1n) is 6.72. The van der Waals surface area contributed by atoms with Crippen LogP contribution in [0.4, 0.5) is 5.82 Å². The van der Waals surface area contributed by atoms with Crippen LogP contribution in [-0.4, -0.2) is 29.6 Å². The Morgan fingerprint density at radius 3 is 2.65 bits per heavy atom. The second kappa shape index (κ2) is 6.10. The molecule has 0 aliphatic carbocycles. The highest BCUT2D eigenvalue weighted by Gasteiger charge is 2.11. The average Bonchev–Trinajstić information content (AvgIpc) is 2.53. The number of nitrogens with zero attached hydrogens (tertiary/aromatic N) is 3. The number of anilines is 1. The van der Waals surface area contributed by atoms with Crippen LogP contribution < -0.4 is 5.32 Å². The molecule has 0 fully saturated rings.